The summed E-state index contributed by atoms with van der Waals surface area (Å²) in [7, 11) is 0. The average molecular weight is 452 g/mol. The van der Waals surface area contributed by atoms with Gasteiger partial charge >= 0.3 is 6.09 Å². The monoisotopic (exact) mass is 451 g/mol. The van der Waals surface area contributed by atoms with Gasteiger partial charge in [-0.05, 0) is 49.6 Å². The fraction of sp³-hybridized carbons (Fsp3) is 0.292. The highest BCUT2D eigenvalue weighted by Gasteiger charge is 2.26. The van der Waals surface area contributed by atoms with Crippen LogP contribution in [0.4, 0.5) is 10.5 Å². The topological polar surface area (TPSA) is 87.7 Å². The van der Waals surface area contributed by atoms with Gasteiger partial charge in [-0.15, -0.1) is 0 Å². The molecule has 0 unspecified atom stereocenters. The minimum Gasteiger partial charge on any atom is -0.450 e. The molecule has 166 valence electrons. The van der Waals surface area contributed by atoms with E-state index in [-0.39, 0.29) is 23.9 Å². The second-order valence-electron chi connectivity index (χ2n) is 7.62. The van der Waals surface area contributed by atoms with Gasteiger partial charge in [-0.1, -0.05) is 42.1 Å². The number of anilines is 1. The van der Waals surface area contributed by atoms with Crippen molar-refractivity contribution in [1.29, 1.82) is 0 Å². The highest BCUT2D eigenvalue weighted by molar-refractivity contribution is 8.04. The van der Waals surface area contributed by atoms with Crippen molar-refractivity contribution in [1.82, 2.24) is 10.2 Å². The molecule has 0 aliphatic carbocycles. The number of thioether (sulfide) groups is 1. The Balaban J connectivity index is 1.38. The van der Waals surface area contributed by atoms with Gasteiger partial charge in [0.05, 0.1) is 17.2 Å². The van der Waals surface area contributed by atoms with Gasteiger partial charge in [0.15, 0.2) is 0 Å². The first-order chi connectivity index (χ1) is 15.5. The SMILES string of the molecule is CCOC(=O)N1CCC(NC(=O)c2ccc3c(c2)NC(=O)C(=Cc2ccccc2)S3)CC1. The van der Waals surface area contributed by atoms with Crippen LogP contribution in [0.25, 0.3) is 6.08 Å². The summed E-state index contributed by atoms with van der Waals surface area (Å²) in [6.07, 6.45) is 2.90. The molecule has 2 heterocycles. The molecule has 1 saturated heterocycles. The van der Waals surface area contributed by atoms with Crippen molar-refractivity contribution in [3.63, 3.8) is 0 Å². The van der Waals surface area contributed by atoms with Crippen molar-refractivity contribution in [2.75, 3.05) is 25.0 Å². The second-order valence-corrected chi connectivity index (χ2v) is 8.70. The number of nitrogens with zero attached hydrogens (tertiary/aromatic N) is 1. The Morgan fingerprint density at radius 2 is 1.94 bits per heavy atom. The smallest absolute Gasteiger partial charge is 0.409 e. The molecule has 2 aliphatic heterocycles. The lowest BCUT2D eigenvalue weighted by molar-refractivity contribution is -0.112. The van der Waals surface area contributed by atoms with E-state index < -0.39 is 0 Å². The fourth-order valence-corrected chi connectivity index (χ4v) is 4.62. The Morgan fingerprint density at radius 1 is 1.19 bits per heavy atom. The largest absolute Gasteiger partial charge is 0.450 e. The maximum Gasteiger partial charge on any atom is 0.409 e. The molecule has 0 atom stereocenters. The average Bonchev–Trinajstić information content (AvgIpc) is 2.80. The summed E-state index contributed by atoms with van der Waals surface area (Å²) < 4.78 is 5.03. The quantitative estimate of drug-likeness (QED) is 0.683. The number of rotatable bonds is 4. The third-order valence-electron chi connectivity index (χ3n) is 5.39. The number of nitrogens with one attached hydrogen (secondary N) is 2. The summed E-state index contributed by atoms with van der Waals surface area (Å²) in [4.78, 5) is 40.3. The van der Waals surface area contributed by atoms with Gasteiger partial charge < -0.3 is 20.3 Å². The van der Waals surface area contributed by atoms with Crippen molar-refractivity contribution in [3.05, 3.63) is 64.6 Å². The third kappa shape index (κ3) is 5.13. The standard InChI is InChI=1S/C24H25N3O4S/c1-2-31-24(30)27-12-10-18(11-13-27)25-22(28)17-8-9-20-19(15-17)26-23(29)21(32-20)14-16-6-4-3-5-7-16/h3-9,14-15,18H,2,10-13H2,1H3,(H,25,28)(H,26,29). The number of ether oxygens (including phenoxy) is 1. The molecule has 2 aromatic carbocycles. The van der Waals surface area contributed by atoms with Crippen LogP contribution in [-0.2, 0) is 9.53 Å². The molecular weight excluding hydrogens is 426 g/mol. The number of benzene rings is 2. The van der Waals surface area contributed by atoms with E-state index >= 15 is 0 Å². The molecule has 7 nitrogen and oxygen atoms in total. The van der Waals surface area contributed by atoms with E-state index in [1.807, 2.05) is 42.5 Å². The minimum atomic E-state index is -0.305. The molecule has 0 saturated carbocycles. The molecule has 2 N–H and O–H groups in total. The fourth-order valence-electron chi connectivity index (χ4n) is 3.69. The number of fused-ring (bicyclic) bond motifs is 1. The molecule has 3 amide bonds. The summed E-state index contributed by atoms with van der Waals surface area (Å²) in [6.45, 7) is 3.24. The van der Waals surface area contributed by atoms with E-state index in [0.29, 0.717) is 48.7 Å². The third-order valence-corrected chi connectivity index (χ3v) is 6.49. The van der Waals surface area contributed by atoms with Crippen LogP contribution in [0.3, 0.4) is 0 Å². The molecule has 32 heavy (non-hydrogen) atoms. The van der Waals surface area contributed by atoms with Crippen molar-refractivity contribution >= 4 is 41.4 Å². The van der Waals surface area contributed by atoms with E-state index in [1.165, 1.54) is 11.8 Å². The highest BCUT2D eigenvalue weighted by Crippen LogP contribution is 2.39. The Hall–Kier alpha value is -3.26. The van der Waals surface area contributed by atoms with Gasteiger partial charge in [0.25, 0.3) is 11.8 Å². The molecule has 0 radical (unpaired) electrons. The molecule has 8 heteroatoms. The minimum absolute atomic E-state index is 0.00594. The summed E-state index contributed by atoms with van der Waals surface area (Å²) in [5.41, 5.74) is 2.08. The lowest BCUT2D eigenvalue weighted by Crippen LogP contribution is -2.46. The molecule has 0 aromatic heterocycles. The van der Waals surface area contributed by atoms with E-state index in [0.717, 1.165) is 10.5 Å². The van der Waals surface area contributed by atoms with Crippen molar-refractivity contribution in [3.8, 4) is 0 Å². The zero-order valence-corrected chi connectivity index (χ0v) is 18.6. The van der Waals surface area contributed by atoms with E-state index in [2.05, 4.69) is 10.6 Å². The predicted molar refractivity (Wildman–Crippen MR) is 124 cm³/mol. The summed E-state index contributed by atoms with van der Waals surface area (Å²) in [6, 6.07) is 15.0. The predicted octanol–water partition coefficient (Wildman–Crippen LogP) is 4.12. The summed E-state index contributed by atoms with van der Waals surface area (Å²) in [5, 5.41) is 5.93. The molecule has 0 spiro atoms. The number of hydrogen-bond acceptors (Lipinski definition) is 5. The lowest BCUT2D eigenvalue weighted by atomic mass is 10.0. The van der Waals surface area contributed by atoms with Gasteiger partial charge in [-0.25, -0.2) is 4.79 Å². The molecular formula is C24H25N3O4S. The Bertz CT molecular complexity index is 1050. The molecule has 2 aliphatic rings. The first kappa shape index (κ1) is 22.0. The molecule has 1 fully saturated rings. The normalized spacial score (nSPS) is 17.5. The number of carbonyl (C=O) groups excluding carboxylic acids is 3. The Kier molecular flexibility index (Phi) is 6.80. The lowest BCUT2D eigenvalue weighted by Gasteiger charge is -2.31. The van der Waals surface area contributed by atoms with Gasteiger partial charge in [-0.3, -0.25) is 9.59 Å². The van der Waals surface area contributed by atoms with E-state index in [1.54, 1.807) is 24.0 Å². The molecule has 2 aromatic rings. The maximum atomic E-state index is 12.8. The number of piperidine rings is 1. The van der Waals surface area contributed by atoms with Crippen LogP contribution >= 0.6 is 11.8 Å². The maximum absolute atomic E-state index is 12.8. The highest BCUT2D eigenvalue weighted by atomic mass is 32.2. The van der Waals surface area contributed by atoms with Crippen LogP contribution < -0.4 is 10.6 Å². The second kappa shape index (κ2) is 9.91. The van der Waals surface area contributed by atoms with Gasteiger partial charge in [0.2, 0.25) is 0 Å². The van der Waals surface area contributed by atoms with Gasteiger partial charge in [-0.2, -0.15) is 0 Å². The van der Waals surface area contributed by atoms with Crippen LogP contribution in [0.15, 0.2) is 58.3 Å². The van der Waals surface area contributed by atoms with Crippen LogP contribution in [0.1, 0.15) is 35.7 Å². The number of carbonyl (C=O) groups is 3. The van der Waals surface area contributed by atoms with E-state index in [4.69, 9.17) is 4.74 Å². The first-order valence-electron chi connectivity index (χ1n) is 10.7. The Labute approximate surface area is 191 Å². The van der Waals surface area contributed by atoms with Crippen LogP contribution in [0, 0.1) is 0 Å². The molecule has 4 rings (SSSR count). The van der Waals surface area contributed by atoms with Gasteiger partial charge in [0, 0.05) is 29.6 Å². The zero-order valence-electron chi connectivity index (χ0n) is 17.8. The van der Waals surface area contributed by atoms with Crippen molar-refractivity contribution in [2.24, 2.45) is 0 Å². The van der Waals surface area contributed by atoms with E-state index in [9.17, 15) is 14.4 Å². The van der Waals surface area contributed by atoms with Gasteiger partial charge in [0.1, 0.15) is 0 Å². The van der Waals surface area contributed by atoms with Crippen molar-refractivity contribution < 1.29 is 19.1 Å². The first-order valence-corrected chi connectivity index (χ1v) is 11.5. The number of likely N-dealkylation sites (tertiary alicyclic amines) is 1. The zero-order chi connectivity index (χ0) is 22.5. The van der Waals surface area contributed by atoms with Crippen LogP contribution in [-0.4, -0.2) is 48.5 Å². The molecule has 0 bridgehead atoms. The summed E-state index contributed by atoms with van der Waals surface area (Å²) in [5.74, 6) is -0.373. The van der Waals surface area contributed by atoms with Crippen LogP contribution in [0.5, 0.6) is 0 Å². The number of amides is 3. The Morgan fingerprint density at radius 3 is 2.66 bits per heavy atom. The van der Waals surface area contributed by atoms with Crippen LogP contribution in [0.2, 0.25) is 0 Å². The number of hydrogen-bond donors (Lipinski definition) is 2. The van der Waals surface area contributed by atoms with Crippen molar-refractivity contribution in [2.45, 2.75) is 30.7 Å². The summed E-state index contributed by atoms with van der Waals surface area (Å²) >= 11 is 1.39.